The topological polar surface area (TPSA) is 50.8 Å². The van der Waals surface area contributed by atoms with Crippen LogP contribution in [0.1, 0.15) is 40.0 Å². The van der Waals surface area contributed by atoms with E-state index in [1.54, 1.807) is 26.4 Å². The van der Waals surface area contributed by atoms with Crippen molar-refractivity contribution in [3.05, 3.63) is 18.2 Å². The Labute approximate surface area is 144 Å². The molecule has 2 unspecified atom stereocenters. The molecule has 1 aliphatic carbocycles. The molecule has 1 aromatic carbocycles. The van der Waals surface area contributed by atoms with Crippen molar-refractivity contribution in [3.63, 3.8) is 0 Å². The maximum absolute atomic E-state index is 12.8. The largest absolute Gasteiger partial charge is 0.493 e. The Morgan fingerprint density at radius 3 is 2.54 bits per heavy atom. The highest BCUT2D eigenvalue weighted by Gasteiger charge is 2.51. The third kappa shape index (κ3) is 3.17. The molecule has 1 saturated carbocycles. The van der Waals surface area contributed by atoms with Gasteiger partial charge in [-0.25, -0.2) is 4.79 Å². The molecule has 1 N–H and O–H groups in total. The highest BCUT2D eigenvalue weighted by Crippen LogP contribution is 2.52. The zero-order chi connectivity index (χ0) is 17.5. The van der Waals surface area contributed by atoms with Crippen LogP contribution in [-0.2, 0) is 0 Å². The average molecular weight is 332 g/mol. The number of methoxy groups -OCH3 is 2. The number of urea groups is 1. The summed E-state index contributed by atoms with van der Waals surface area (Å²) in [6.45, 7) is 7.77. The third-order valence-corrected chi connectivity index (χ3v) is 5.31. The second kappa shape index (κ2) is 5.87. The molecule has 132 valence electrons. The van der Waals surface area contributed by atoms with Crippen LogP contribution in [0.5, 0.6) is 11.5 Å². The summed E-state index contributed by atoms with van der Waals surface area (Å²) in [6.07, 6.45) is 3.36. The number of likely N-dealkylation sites (tertiary alicyclic amines) is 1. The molecule has 0 spiro atoms. The van der Waals surface area contributed by atoms with Crippen LogP contribution in [0.25, 0.3) is 0 Å². The van der Waals surface area contributed by atoms with Crippen LogP contribution in [0, 0.1) is 10.8 Å². The number of amides is 2. The van der Waals surface area contributed by atoms with E-state index in [1.807, 2.05) is 11.0 Å². The van der Waals surface area contributed by atoms with Crippen LogP contribution < -0.4 is 14.8 Å². The Morgan fingerprint density at radius 2 is 1.88 bits per heavy atom. The van der Waals surface area contributed by atoms with E-state index in [-0.39, 0.29) is 11.4 Å². The summed E-state index contributed by atoms with van der Waals surface area (Å²) in [5, 5.41) is 3.02. The fourth-order valence-corrected chi connectivity index (χ4v) is 4.81. The van der Waals surface area contributed by atoms with Crippen LogP contribution in [0.2, 0.25) is 0 Å². The van der Waals surface area contributed by atoms with E-state index < -0.39 is 0 Å². The van der Waals surface area contributed by atoms with Gasteiger partial charge in [-0.3, -0.25) is 0 Å². The zero-order valence-electron chi connectivity index (χ0n) is 15.3. The second-order valence-corrected chi connectivity index (χ2v) is 8.34. The molecule has 5 heteroatoms. The molecular weight excluding hydrogens is 304 g/mol. The smallest absolute Gasteiger partial charge is 0.322 e. The first-order chi connectivity index (χ1) is 11.3. The summed E-state index contributed by atoms with van der Waals surface area (Å²) >= 11 is 0. The summed E-state index contributed by atoms with van der Waals surface area (Å²) < 4.78 is 10.5. The molecule has 1 aromatic rings. The Kier molecular flexibility index (Phi) is 4.14. The van der Waals surface area contributed by atoms with Gasteiger partial charge in [0.2, 0.25) is 0 Å². The van der Waals surface area contributed by atoms with Crippen molar-refractivity contribution in [1.82, 2.24) is 4.90 Å². The lowest BCUT2D eigenvalue weighted by Gasteiger charge is -2.39. The van der Waals surface area contributed by atoms with Gasteiger partial charge in [0.25, 0.3) is 0 Å². The number of hydrogen-bond donors (Lipinski definition) is 1. The molecule has 24 heavy (non-hydrogen) atoms. The number of carbonyl (C=O) groups excluding carboxylic acids is 1. The molecule has 2 bridgehead atoms. The van der Waals surface area contributed by atoms with E-state index in [0.29, 0.717) is 23.0 Å². The van der Waals surface area contributed by atoms with E-state index in [1.165, 1.54) is 6.42 Å². The van der Waals surface area contributed by atoms with Gasteiger partial charge in [0, 0.05) is 24.3 Å². The van der Waals surface area contributed by atoms with Crippen molar-refractivity contribution in [1.29, 1.82) is 0 Å². The predicted molar refractivity (Wildman–Crippen MR) is 94.8 cm³/mol. The maximum atomic E-state index is 12.8. The SMILES string of the molecule is COc1ccc(NC(=O)N2CC3(C)CC2CC(C)(C)C3)cc1OC. The predicted octanol–water partition coefficient (Wildman–Crippen LogP) is 4.14. The Balaban J connectivity index is 1.74. The van der Waals surface area contributed by atoms with Crippen molar-refractivity contribution in [2.75, 3.05) is 26.1 Å². The molecule has 0 aromatic heterocycles. The Hall–Kier alpha value is -1.91. The number of benzene rings is 1. The maximum Gasteiger partial charge on any atom is 0.322 e. The lowest BCUT2D eigenvalue weighted by atomic mass is 9.65. The first-order valence-corrected chi connectivity index (χ1v) is 8.55. The zero-order valence-corrected chi connectivity index (χ0v) is 15.3. The normalized spacial score (nSPS) is 27.7. The number of carbonyl (C=O) groups is 1. The first kappa shape index (κ1) is 16.9. The van der Waals surface area contributed by atoms with E-state index in [4.69, 9.17) is 9.47 Å². The van der Waals surface area contributed by atoms with Gasteiger partial charge in [0.15, 0.2) is 11.5 Å². The molecule has 2 amide bonds. The molecular formula is C19H28N2O3. The summed E-state index contributed by atoms with van der Waals surface area (Å²) in [7, 11) is 3.19. The minimum atomic E-state index is -0.0198. The van der Waals surface area contributed by atoms with Gasteiger partial charge in [-0.05, 0) is 42.2 Å². The average Bonchev–Trinajstić information content (AvgIpc) is 2.76. The third-order valence-electron chi connectivity index (χ3n) is 5.31. The first-order valence-electron chi connectivity index (χ1n) is 8.55. The van der Waals surface area contributed by atoms with E-state index in [0.717, 1.165) is 25.1 Å². The van der Waals surface area contributed by atoms with Crippen LogP contribution in [0.3, 0.4) is 0 Å². The van der Waals surface area contributed by atoms with Crippen molar-refractivity contribution in [3.8, 4) is 11.5 Å². The summed E-state index contributed by atoms with van der Waals surface area (Å²) in [6, 6.07) is 5.76. The van der Waals surface area contributed by atoms with Crippen LogP contribution in [-0.4, -0.2) is 37.7 Å². The fourth-order valence-electron chi connectivity index (χ4n) is 4.81. The van der Waals surface area contributed by atoms with Gasteiger partial charge in [-0.1, -0.05) is 20.8 Å². The number of nitrogens with one attached hydrogen (secondary N) is 1. The van der Waals surface area contributed by atoms with Gasteiger partial charge in [-0.2, -0.15) is 0 Å². The number of anilines is 1. The highest BCUT2D eigenvalue weighted by atomic mass is 16.5. The van der Waals surface area contributed by atoms with Gasteiger partial charge in [0.1, 0.15) is 0 Å². The molecule has 1 heterocycles. The Bertz CT molecular complexity index is 643. The number of nitrogens with zero attached hydrogens (tertiary/aromatic N) is 1. The second-order valence-electron chi connectivity index (χ2n) is 8.34. The van der Waals surface area contributed by atoms with Crippen molar-refractivity contribution >= 4 is 11.7 Å². The van der Waals surface area contributed by atoms with Crippen molar-refractivity contribution in [2.45, 2.75) is 46.1 Å². The minimum absolute atomic E-state index is 0.0198. The number of fused-ring (bicyclic) bond motifs is 2. The van der Waals surface area contributed by atoms with Crippen molar-refractivity contribution in [2.24, 2.45) is 10.8 Å². The van der Waals surface area contributed by atoms with Crippen LogP contribution >= 0.6 is 0 Å². The molecule has 0 radical (unpaired) electrons. The van der Waals surface area contributed by atoms with E-state index in [2.05, 4.69) is 26.1 Å². The van der Waals surface area contributed by atoms with Gasteiger partial charge in [-0.15, -0.1) is 0 Å². The summed E-state index contributed by atoms with van der Waals surface area (Å²) in [4.78, 5) is 14.8. The van der Waals surface area contributed by atoms with Crippen LogP contribution in [0.4, 0.5) is 10.5 Å². The highest BCUT2D eigenvalue weighted by molar-refractivity contribution is 5.90. The quantitative estimate of drug-likeness (QED) is 0.905. The molecule has 2 atom stereocenters. The molecule has 2 fully saturated rings. The summed E-state index contributed by atoms with van der Waals surface area (Å²) in [5.41, 5.74) is 1.26. The minimum Gasteiger partial charge on any atom is -0.493 e. The fraction of sp³-hybridized carbons (Fsp3) is 0.632. The Morgan fingerprint density at radius 1 is 1.17 bits per heavy atom. The van der Waals surface area contributed by atoms with Crippen molar-refractivity contribution < 1.29 is 14.3 Å². The molecule has 1 aliphatic heterocycles. The molecule has 1 saturated heterocycles. The lowest BCUT2D eigenvalue weighted by molar-refractivity contribution is 0.130. The number of rotatable bonds is 3. The van der Waals surface area contributed by atoms with E-state index >= 15 is 0 Å². The van der Waals surface area contributed by atoms with E-state index in [9.17, 15) is 4.79 Å². The number of hydrogen-bond acceptors (Lipinski definition) is 3. The lowest BCUT2D eigenvalue weighted by Crippen LogP contribution is -2.40. The van der Waals surface area contributed by atoms with Gasteiger partial charge >= 0.3 is 6.03 Å². The van der Waals surface area contributed by atoms with Gasteiger partial charge in [0.05, 0.1) is 14.2 Å². The molecule has 3 rings (SSSR count). The molecule has 2 aliphatic rings. The monoisotopic (exact) mass is 332 g/mol. The standard InChI is InChI=1S/C19H28N2O3/c1-18(2)9-14-10-19(3,11-18)12-21(14)17(22)20-13-6-7-15(23-4)16(8-13)24-5/h6-8,14H,9-12H2,1-5H3,(H,20,22). The van der Waals surface area contributed by atoms with Gasteiger partial charge < -0.3 is 19.7 Å². The number of ether oxygens (including phenoxy) is 2. The summed E-state index contributed by atoms with van der Waals surface area (Å²) in [5.74, 6) is 1.27. The van der Waals surface area contributed by atoms with Crippen LogP contribution in [0.15, 0.2) is 18.2 Å². The molecule has 5 nitrogen and oxygen atoms in total.